The van der Waals surface area contributed by atoms with Crippen LogP contribution in [-0.4, -0.2) is 6.54 Å². The fraction of sp³-hybridized carbons (Fsp3) is 0.455. The number of ether oxygens (including phenoxy) is 1. The minimum atomic E-state index is 0.450. The lowest BCUT2D eigenvalue weighted by molar-refractivity contribution is 0.134. The van der Waals surface area contributed by atoms with E-state index in [-0.39, 0.29) is 0 Å². The summed E-state index contributed by atoms with van der Waals surface area (Å²) >= 11 is 0. The van der Waals surface area contributed by atoms with Gasteiger partial charge in [-0.15, -0.1) is 0 Å². The van der Waals surface area contributed by atoms with Crippen LogP contribution >= 0.6 is 0 Å². The molecule has 70 valence electrons. The predicted molar refractivity (Wildman–Crippen MR) is 52.4 cm³/mol. The molecule has 0 radical (unpaired) electrons. The molecule has 0 saturated carbocycles. The molecule has 0 spiro atoms. The van der Waals surface area contributed by atoms with Gasteiger partial charge in [-0.3, -0.25) is 0 Å². The highest BCUT2D eigenvalue weighted by Gasteiger charge is 2.12. The predicted octanol–water partition coefficient (Wildman–Crippen LogP) is 1.78. The number of fused-ring (bicyclic) bond motifs is 1. The zero-order valence-corrected chi connectivity index (χ0v) is 7.92. The third-order valence-corrected chi connectivity index (χ3v) is 2.67. The Labute approximate surface area is 78.7 Å². The van der Waals surface area contributed by atoms with Crippen LogP contribution < -0.4 is 5.73 Å². The molecular formula is C11H15NO. The molecule has 1 aromatic rings. The molecule has 1 heterocycles. The minimum absolute atomic E-state index is 0.450. The maximum absolute atomic E-state index is 5.62. The van der Waals surface area contributed by atoms with Crippen molar-refractivity contribution in [1.29, 1.82) is 0 Å². The van der Waals surface area contributed by atoms with Crippen molar-refractivity contribution in [2.24, 2.45) is 5.73 Å². The summed E-state index contributed by atoms with van der Waals surface area (Å²) in [4.78, 5) is 0. The van der Waals surface area contributed by atoms with Crippen molar-refractivity contribution in [3.63, 3.8) is 0 Å². The lowest BCUT2D eigenvalue weighted by Crippen LogP contribution is -2.09. The smallest absolute Gasteiger partial charge is 0.0725 e. The van der Waals surface area contributed by atoms with Crippen molar-refractivity contribution in [3.05, 3.63) is 34.9 Å². The van der Waals surface area contributed by atoms with Gasteiger partial charge in [-0.2, -0.15) is 0 Å². The van der Waals surface area contributed by atoms with Gasteiger partial charge >= 0.3 is 0 Å². The van der Waals surface area contributed by atoms with Crippen molar-refractivity contribution in [2.75, 3.05) is 6.54 Å². The average Bonchev–Trinajstić information content (AvgIpc) is 2.63. The SMILES string of the molecule is C[C@H](CN)c1ccc2c(c1)COC2. The fourth-order valence-corrected chi connectivity index (χ4v) is 1.63. The van der Waals surface area contributed by atoms with Crippen molar-refractivity contribution >= 4 is 0 Å². The molecule has 1 aromatic carbocycles. The molecule has 0 unspecified atom stereocenters. The topological polar surface area (TPSA) is 35.2 Å². The van der Waals surface area contributed by atoms with E-state index in [9.17, 15) is 0 Å². The lowest BCUT2D eigenvalue weighted by Gasteiger charge is -2.09. The van der Waals surface area contributed by atoms with Crippen LogP contribution in [0.3, 0.4) is 0 Å². The third kappa shape index (κ3) is 1.60. The van der Waals surface area contributed by atoms with Crippen molar-refractivity contribution in [1.82, 2.24) is 0 Å². The second-order valence-corrected chi connectivity index (χ2v) is 3.66. The van der Waals surface area contributed by atoms with Crippen LogP contribution in [0, 0.1) is 0 Å². The second kappa shape index (κ2) is 3.48. The van der Waals surface area contributed by atoms with Gasteiger partial charge in [0.1, 0.15) is 0 Å². The molecular weight excluding hydrogens is 162 g/mol. The Morgan fingerprint density at radius 3 is 2.92 bits per heavy atom. The van der Waals surface area contributed by atoms with Gasteiger partial charge in [-0.05, 0) is 29.2 Å². The fourth-order valence-electron chi connectivity index (χ4n) is 1.63. The van der Waals surface area contributed by atoms with Gasteiger partial charge in [0, 0.05) is 0 Å². The molecule has 0 bridgehead atoms. The zero-order chi connectivity index (χ0) is 9.26. The maximum atomic E-state index is 5.62. The highest BCUT2D eigenvalue weighted by atomic mass is 16.5. The Kier molecular flexibility index (Phi) is 2.34. The Hall–Kier alpha value is -0.860. The maximum Gasteiger partial charge on any atom is 0.0725 e. The standard InChI is InChI=1S/C11H15NO/c1-8(5-12)9-2-3-10-6-13-7-11(10)4-9/h2-4,8H,5-7,12H2,1H3/t8-/m1/s1. The summed E-state index contributed by atoms with van der Waals surface area (Å²) < 4.78 is 5.35. The Balaban J connectivity index is 2.30. The van der Waals surface area contributed by atoms with E-state index in [1.165, 1.54) is 16.7 Å². The quantitative estimate of drug-likeness (QED) is 0.747. The molecule has 2 rings (SSSR count). The third-order valence-electron chi connectivity index (χ3n) is 2.67. The summed E-state index contributed by atoms with van der Waals surface area (Å²) in [6.45, 7) is 4.39. The first-order valence-corrected chi connectivity index (χ1v) is 4.71. The van der Waals surface area contributed by atoms with Gasteiger partial charge in [0.25, 0.3) is 0 Å². The molecule has 1 atom stereocenters. The summed E-state index contributed by atoms with van der Waals surface area (Å²) in [6, 6.07) is 6.54. The molecule has 0 aliphatic carbocycles. The van der Waals surface area contributed by atoms with Crippen LogP contribution in [0.1, 0.15) is 29.5 Å². The number of rotatable bonds is 2. The first kappa shape index (κ1) is 8.73. The summed E-state index contributed by atoms with van der Waals surface area (Å²) in [5, 5.41) is 0. The number of nitrogens with two attached hydrogens (primary N) is 1. The van der Waals surface area contributed by atoms with E-state index in [1.54, 1.807) is 0 Å². The summed E-state index contributed by atoms with van der Waals surface area (Å²) in [7, 11) is 0. The number of benzene rings is 1. The molecule has 0 amide bonds. The van der Waals surface area contributed by atoms with Crippen LogP contribution in [0.15, 0.2) is 18.2 Å². The van der Waals surface area contributed by atoms with Gasteiger partial charge in [-0.1, -0.05) is 25.1 Å². The van der Waals surface area contributed by atoms with Gasteiger partial charge in [-0.25, -0.2) is 0 Å². The van der Waals surface area contributed by atoms with Crippen molar-refractivity contribution in [3.8, 4) is 0 Å². The lowest BCUT2D eigenvalue weighted by atomic mass is 9.97. The molecule has 0 fully saturated rings. The molecule has 13 heavy (non-hydrogen) atoms. The van der Waals surface area contributed by atoms with E-state index < -0.39 is 0 Å². The molecule has 0 aromatic heterocycles. The zero-order valence-electron chi connectivity index (χ0n) is 7.92. The molecule has 1 aliphatic rings. The monoisotopic (exact) mass is 177 g/mol. The average molecular weight is 177 g/mol. The highest BCUT2D eigenvalue weighted by molar-refractivity contribution is 5.34. The second-order valence-electron chi connectivity index (χ2n) is 3.66. The number of hydrogen-bond donors (Lipinski definition) is 1. The summed E-state index contributed by atoms with van der Waals surface area (Å²) in [5.74, 6) is 0.450. The molecule has 2 nitrogen and oxygen atoms in total. The van der Waals surface area contributed by atoms with Gasteiger partial charge in [0.15, 0.2) is 0 Å². The van der Waals surface area contributed by atoms with E-state index in [2.05, 4.69) is 25.1 Å². The van der Waals surface area contributed by atoms with E-state index in [0.717, 1.165) is 13.2 Å². The van der Waals surface area contributed by atoms with Crippen LogP contribution in [0.2, 0.25) is 0 Å². The molecule has 2 heteroatoms. The van der Waals surface area contributed by atoms with Crippen LogP contribution in [0.25, 0.3) is 0 Å². The first-order chi connectivity index (χ1) is 6.31. The van der Waals surface area contributed by atoms with Crippen LogP contribution in [-0.2, 0) is 18.0 Å². The molecule has 0 saturated heterocycles. The van der Waals surface area contributed by atoms with Gasteiger partial charge < -0.3 is 10.5 Å². The Morgan fingerprint density at radius 2 is 2.15 bits per heavy atom. The van der Waals surface area contributed by atoms with E-state index in [0.29, 0.717) is 12.5 Å². The van der Waals surface area contributed by atoms with Gasteiger partial charge in [0.05, 0.1) is 13.2 Å². The normalized spacial score (nSPS) is 17.1. The highest BCUT2D eigenvalue weighted by Crippen LogP contribution is 2.24. The van der Waals surface area contributed by atoms with Gasteiger partial charge in [0.2, 0.25) is 0 Å². The van der Waals surface area contributed by atoms with E-state index >= 15 is 0 Å². The largest absolute Gasteiger partial charge is 0.372 e. The number of hydrogen-bond acceptors (Lipinski definition) is 2. The molecule has 1 aliphatic heterocycles. The summed E-state index contributed by atoms with van der Waals surface area (Å²) in [5.41, 5.74) is 9.60. The van der Waals surface area contributed by atoms with E-state index in [1.807, 2.05) is 0 Å². The van der Waals surface area contributed by atoms with Crippen molar-refractivity contribution in [2.45, 2.75) is 26.1 Å². The van der Waals surface area contributed by atoms with Crippen LogP contribution in [0.4, 0.5) is 0 Å². The summed E-state index contributed by atoms with van der Waals surface area (Å²) in [6.07, 6.45) is 0. The van der Waals surface area contributed by atoms with Crippen LogP contribution in [0.5, 0.6) is 0 Å². The van der Waals surface area contributed by atoms with Crippen molar-refractivity contribution < 1.29 is 4.74 Å². The molecule has 2 N–H and O–H groups in total. The Morgan fingerprint density at radius 1 is 1.38 bits per heavy atom. The van der Waals surface area contributed by atoms with E-state index in [4.69, 9.17) is 10.5 Å². The Bertz CT molecular complexity index is 309. The minimum Gasteiger partial charge on any atom is -0.372 e. The first-order valence-electron chi connectivity index (χ1n) is 4.71.